The molecule has 34 heavy (non-hydrogen) atoms. The molecule has 1 N–H and O–H groups in total. The summed E-state index contributed by atoms with van der Waals surface area (Å²) in [7, 11) is 0. The molecule has 0 aliphatic carbocycles. The van der Waals surface area contributed by atoms with Crippen LogP contribution >= 0.6 is 0 Å². The van der Waals surface area contributed by atoms with Crippen LogP contribution in [0, 0.1) is 0 Å². The zero-order chi connectivity index (χ0) is 25.0. The fourth-order valence-electron chi connectivity index (χ4n) is 4.75. The van der Waals surface area contributed by atoms with Gasteiger partial charge < -0.3 is 10.2 Å². The smallest absolute Gasteiger partial charge is 0.317 e. The lowest BCUT2D eigenvalue weighted by molar-refractivity contribution is 0.195. The van der Waals surface area contributed by atoms with Crippen molar-refractivity contribution in [2.45, 2.75) is 175 Å². The highest BCUT2D eigenvalue weighted by Gasteiger charge is 2.12. The first-order valence-corrected chi connectivity index (χ1v) is 15.8. The third-order valence-electron chi connectivity index (χ3n) is 7.16. The number of hydrogen-bond donors (Lipinski definition) is 1. The molecule has 204 valence electrons. The van der Waals surface area contributed by atoms with E-state index in [0.29, 0.717) is 0 Å². The van der Waals surface area contributed by atoms with Gasteiger partial charge in [-0.2, -0.15) is 0 Å². The van der Waals surface area contributed by atoms with E-state index >= 15 is 0 Å². The van der Waals surface area contributed by atoms with Gasteiger partial charge in [-0.1, -0.05) is 156 Å². The maximum atomic E-state index is 12.8. The van der Waals surface area contributed by atoms with E-state index in [0.717, 1.165) is 38.9 Å². The van der Waals surface area contributed by atoms with Crippen LogP contribution < -0.4 is 5.32 Å². The number of rotatable bonds is 27. The van der Waals surface area contributed by atoms with Crippen LogP contribution in [-0.2, 0) is 0 Å². The minimum atomic E-state index is 0.189. The standard InChI is InChI=1S/C31H64N2O/c1-4-7-10-13-16-19-22-25-28-32-31(34)33(29-26-23-20-17-14-11-8-5-2)30-27-24-21-18-15-12-9-6-3/h4-30H2,1-3H3,(H,32,34). The summed E-state index contributed by atoms with van der Waals surface area (Å²) in [6.07, 6.45) is 31.7. The van der Waals surface area contributed by atoms with Crippen molar-refractivity contribution in [2.75, 3.05) is 19.6 Å². The minimum Gasteiger partial charge on any atom is -0.338 e. The molecule has 0 rings (SSSR count). The van der Waals surface area contributed by atoms with Crippen molar-refractivity contribution in [3.8, 4) is 0 Å². The molecule has 0 saturated heterocycles. The van der Waals surface area contributed by atoms with Gasteiger partial charge in [-0.25, -0.2) is 4.79 Å². The van der Waals surface area contributed by atoms with Crippen molar-refractivity contribution in [3.63, 3.8) is 0 Å². The molecule has 0 radical (unpaired) electrons. The first-order valence-electron chi connectivity index (χ1n) is 15.8. The Morgan fingerprint density at radius 2 is 0.735 bits per heavy atom. The zero-order valence-corrected chi connectivity index (χ0v) is 23.9. The van der Waals surface area contributed by atoms with Crippen LogP contribution in [0.3, 0.4) is 0 Å². The Labute approximate surface area is 215 Å². The average molecular weight is 481 g/mol. The molecule has 0 fully saturated rings. The SMILES string of the molecule is CCCCCCCCCCNC(=O)N(CCCCCCCCCC)CCCCCCCCCC. The van der Waals surface area contributed by atoms with E-state index in [1.807, 2.05) is 0 Å². The van der Waals surface area contributed by atoms with Crippen molar-refractivity contribution < 1.29 is 4.79 Å². The summed E-state index contributed by atoms with van der Waals surface area (Å²) < 4.78 is 0. The summed E-state index contributed by atoms with van der Waals surface area (Å²) in [6, 6.07) is 0.189. The van der Waals surface area contributed by atoms with Gasteiger partial charge in [0.1, 0.15) is 0 Å². The van der Waals surface area contributed by atoms with Crippen LogP contribution in [0.2, 0.25) is 0 Å². The second-order valence-corrected chi connectivity index (χ2v) is 10.6. The van der Waals surface area contributed by atoms with Crippen LogP contribution in [-0.4, -0.2) is 30.6 Å². The summed E-state index contributed by atoms with van der Waals surface area (Å²) in [5.74, 6) is 0. The topological polar surface area (TPSA) is 32.3 Å². The average Bonchev–Trinajstić information content (AvgIpc) is 2.84. The second kappa shape index (κ2) is 28.5. The second-order valence-electron chi connectivity index (χ2n) is 10.6. The van der Waals surface area contributed by atoms with E-state index in [1.54, 1.807) is 0 Å². The van der Waals surface area contributed by atoms with Crippen molar-refractivity contribution in [1.82, 2.24) is 10.2 Å². The molecule has 0 saturated carbocycles. The number of nitrogens with one attached hydrogen (secondary N) is 1. The van der Waals surface area contributed by atoms with Gasteiger partial charge in [-0.05, 0) is 19.3 Å². The number of carbonyl (C=O) groups is 1. The van der Waals surface area contributed by atoms with Crippen LogP contribution in [0.15, 0.2) is 0 Å². The van der Waals surface area contributed by atoms with Gasteiger partial charge in [0, 0.05) is 19.6 Å². The van der Waals surface area contributed by atoms with Crippen molar-refractivity contribution in [3.05, 3.63) is 0 Å². The Kier molecular flexibility index (Phi) is 27.9. The lowest BCUT2D eigenvalue weighted by atomic mass is 10.1. The molecule has 0 bridgehead atoms. The Morgan fingerprint density at radius 3 is 1.09 bits per heavy atom. The number of carbonyl (C=O) groups excluding carboxylic acids is 1. The highest BCUT2D eigenvalue weighted by atomic mass is 16.2. The molecule has 3 heteroatoms. The number of hydrogen-bond acceptors (Lipinski definition) is 1. The molecule has 0 aliphatic rings. The Balaban J connectivity index is 4.04. The van der Waals surface area contributed by atoms with E-state index in [4.69, 9.17) is 0 Å². The molecule has 0 heterocycles. The lowest BCUT2D eigenvalue weighted by Crippen LogP contribution is -2.41. The third-order valence-corrected chi connectivity index (χ3v) is 7.16. The zero-order valence-electron chi connectivity index (χ0n) is 23.9. The quantitative estimate of drug-likeness (QED) is 0.116. The maximum absolute atomic E-state index is 12.8. The number of nitrogens with zero attached hydrogens (tertiary/aromatic N) is 1. The van der Waals surface area contributed by atoms with Gasteiger partial charge in [0.05, 0.1) is 0 Å². The largest absolute Gasteiger partial charge is 0.338 e. The Morgan fingerprint density at radius 1 is 0.441 bits per heavy atom. The predicted molar refractivity (Wildman–Crippen MR) is 153 cm³/mol. The van der Waals surface area contributed by atoms with Crippen LogP contribution in [0.5, 0.6) is 0 Å². The van der Waals surface area contributed by atoms with Gasteiger partial charge in [-0.15, -0.1) is 0 Å². The molecule has 0 unspecified atom stereocenters. The molecular weight excluding hydrogens is 416 g/mol. The van der Waals surface area contributed by atoms with Gasteiger partial charge in [0.25, 0.3) is 0 Å². The third kappa shape index (κ3) is 24.4. The first-order chi connectivity index (χ1) is 16.8. The van der Waals surface area contributed by atoms with Gasteiger partial charge >= 0.3 is 6.03 Å². The fourth-order valence-corrected chi connectivity index (χ4v) is 4.75. The summed E-state index contributed by atoms with van der Waals surface area (Å²) in [6.45, 7) is 9.55. The van der Waals surface area contributed by atoms with E-state index in [-0.39, 0.29) is 6.03 Å². The van der Waals surface area contributed by atoms with Crippen molar-refractivity contribution >= 4 is 6.03 Å². The molecule has 2 amide bonds. The van der Waals surface area contributed by atoms with Crippen molar-refractivity contribution in [1.29, 1.82) is 0 Å². The maximum Gasteiger partial charge on any atom is 0.317 e. The van der Waals surface area contributed by atoms with Gasteiger partial charge in [0.2, 0.25) is 0 Å². The normalized spacial score (nSPS) is 11.1. The van der Waals surface area contributed by atoms with Crippen LogP contribution in [0.4, 0.5) is 4.79 Å². The lowest BCUT2D eigenvalue weighted by Gasteiger charge is -2.23. The van der Waals surface area contributed by atoms with Crippen LogP contribution in [0.1, 0.15) is 175 Å². The number of unbranched alkanes of at least 4 members (excludes halogenated alkanes) is 21. The summed E-state index contributed by atoms with van der Waals surface area (Å²) >= 11 is 0. The molecule has 3 nitrogen and oxygen atoms in total. The van der Waals surface area contributed by atoms with Crippen molar-refractivity contribution in [2.24, 2.45) is 0 Å². The minimum absolute atomic E-state index is 0.189. The highest BCUT2D eigenvalue weighted by molar-refractivity contribution is 5.74. The molecular formula is C31H64N2O. The Bertz CT molecular complexity index is 379. The van der Waals surface area contributed by atoms with E-state index < -0.39 is 0 Å². The molecule has 0 aromatic carbocycles. The number of urea groups is 1. The Hall–Kier alpha value is -0.730. The molecule has 0 aromatic heterocycles. The van der Waals surface area contributed by atoms with E-state index in [1.165, 1.54) is 135 Å². The monoisotopic (exact) mass is 481 g/mol. The fraction of sp³-hybridized carbons (Fsp3) is 0.968. The first kappa shape index (κ1) is 33.3. The summed E-state index contributed by atoms with van der Waals surface area (Å²) in [4.78, 5) is 15.0. The van der Waals surface area contributed by atoms with E-state index in [2.05, 4.69) is 31.0 Å². The molecule has 0 atom stereocenters. The highest BCUT2D eigenvalue weighted by Crippen LogP contribution is 2.12. The van der Waals surface area contributed by atoms with E-state index in [9.17, 15) is 4.79 Å². The predicted octanol–water partition coefficient (Wildman–Crippen LogP) is 10.4. The van der Waals surface area contributed by atoms with Gasteiger partial charge in [0.15, 0.2) is 0 Å². The molecule has 0 aromatic rings. The summed E-state index contributed by atoms with van der Waals surface area (Å²) in [5.41, 5.74) is 0. The number of amides is 2. The van der Waals surface area contributed by atoms with Gasteiger partial charge in [-0.3, -0.25) is 0 Å². The van der Waals surface area contributed by atoms with Crippen LogP contribution in [0.25, 0.3) is 0 Å². The summed E-state index contributed by atoms with van der Waals surface area (Å²) in [5, 5.41) is 3.23. The molecule has 0 spiro atoms. The molecule has 0 aliphatic heterocycles.